The van der Waals surface area contributed by atoms with Crippen LogP contribution < -0.4 is 5.32 Å². The Labute approximate surface area is 124 Å². The predicted octanol–water partition coefficient (Wildman–Crippen LogP) is 0.0900. The summed E-state index contributed by atoms with van der Waals surface area (Å²) in [6.45, 7) is 3.19. The predicted molar refractivity (Wildman–Crippen MR) is 76.5 cm³/mol. The van der Waals surface area contributed by atoms with Gasteiger partial charge in [-0.2, -0.15) is 0 Å². The molecule has 0 spiro atoms. The van der Waals surface area contributed by atoms with Crippen LogP contribution in [0.1, 0.15) is 26.7 Å². The van der Waals surface area contributed by atoms with Crippen LogP contribution in [0.5, 0.6) is 0 Å². The zero-order chi connectivity index (χ0) is 16.8. The summed E-state index contributed by atoms with van der Waals surface area (Å²) < 4.78 is 22.0. The van der Waals surface area contributed by atoms with Crippen LogP contribution >= 0.6 is 0 Å². The van der Waals surface area contributed by atoms with E-state index in [0.29, 0.717) is 0 Å². The van der Waals surface area contributed by atoms with Crippen LogP contribution in [0.3, 0.4) is 0 Å². The summed E-state index contributed by atoms with van der Waals surface area (Å²) in [5, 5.41) is 10.8. The Morgan fingerprint density at radius 1 is 1.19 bits per heavy atom. The number of carboxylic acid groups (broad SMARTS) is 1. The second kappa shape index (κ2) is 7.39. The molecule has 0 saturated heterocycles. The highest BCUT2D eigenvalue weighted by Gasteiger charge is 2.26. The number of carbonyl (C=O) groups is 3. The third kappa shape index (κ3) is 9.83. The van der Waals surface area contributed by atoms with Crippen molar-refractivity contribution in [3.63, 3.8) is 0 Å². The Kier molecular flexibility index (Phi) is 6.81. The van der Waals surface area contributed by atoms with Gasteiger partial charge < -0.3 is 10.0 Å². The Bertz CT molecular complexity index is 512. The van der Waals surface area contributed by atoms with Crippen molar-refractivity contribution in [2.24, 2.45) is 5.41 Å². The quantitative estimate of drug-likeness (QED) is 0.685. The highest BCUT2D eigenvalue weighted by atomic mass is 32.2. The summed E-state index contributed by atoms with van der Waals surface area (Å²) in [7, 11) is -1.82. The van der Waals surface area contributed by atoms with Gasteiger partial charge in [0.2, 0.25) is 5.91 Å². The minimum Gasteiger partial charge on any atom is -0.481 e. The van der Waals surface area contributed by atoms with Gasteiger partial charge in [-0.05, 0) is 5.41 Å². The molecule has 2 N–H and O–H groups in total. The molecule has 21 heavy (non-hydrogen) atoms. The third-order valence-electron chi connectivity index (χ3n) is 2.66. The Balaban J connectivity index is 4.38. The third-order valence-corrected chi connectivity index (χ3v) is 3.58. The summed E-state index contributed by atoms with van der Waals surface area (Å²) in [6.07, 6.45) is 0.738. The van der Waals surface area contributed by atoms with Crippen molar-refractivity contribution < 1.29 is 27.9 Å². The van der Waals surface area contributed by atoms with E-state index in [1.165, 1.54) is 7.05 Å². The van der Waals surface area contributed by atoms with Crippen LogP contribution in [0.2, 0.25) is 0 Å². The minimum absolute atomic E-state index is 0.0313. The summed E-state index contributed by atoms with van der Waals surface area (Å²) in [5.41, 5.74) is -0.776. The fourth-order valence-electron chi connectivity index (χ4n) is 1.57. The number of hydrogen-bond acceptors (Lipinski definition) is 5. The average Bonchev–Trinajstić information content (AvgIpc) is 2.21. The minimum atomic E-state index is -3.20. The molecule has 0 aliphatic carbocycles. The van der Waals surface area contributed by atoms with Crippen LogP contribution in [-0.2, 0) is 19.4 Å². The number of nitrogens with one attached hydrogen (secondary N) is 1. The Hall–Kier alpha value is -1.64. The van der Waals surface area contributed by atoms with E-state index in [1.54, 1.807) is 13.8 Å². The lowest BCUT2D eigenvalue weighted by Crippen LogP contribution is -2.43. The molecule has 0 radical (unpaired) electrons. The van der Waals surface area contributed by atoms with Crippen molar-refractivity contribution in [2.75, 3.05) is 25.6 Å². The van der Waals surface area contributed by atoms with E-state index >= 15 is 0 Å². The van der Waals surface area contributed by atoms with E-state index < -0.39 is 33.2 Å². The molecule has 0 aromatic rings. The van der Waals surface area contributed by atoms with Gasteiger partial charge in [-0.1, -0.05) is 13.8 Å². The zero-order valence-electron chi connectivity index (χ0n) is 12.7. The van der Waals surface area contributed by atoms with Crippen molar-refractivity contribution in [1.82, 2.24) is 10.2 Å². The second-order valence-electron chi connectivity index (χ2n) is 5.82. The number of aliphatic carboxylic acids is 1. The van der Waals surface area contributed by atoms with Crippen molar-refractivity contribution in [2.45, 2.75) is 26.7 Å². The lowest BCUT2D eigenvalue weighted by molar-refractivity contribution is -0.139. The maximum absolute atomic E-state index is 11.7. The first-order valence-electron chi connectivity index (χ1n) is 6.27. The first kappa shape index (κ1) is 19.4. The summed E-state index contributed by atoms with van der Waals surface area (Å²) in [5.74, 6) is -1.82. The van der Waals surface area contributed by atoms with Crippen molar-refractivity contribution in [1.29, 1.82) is 0 Å². The fourth-order valence-corrected chi connectivity index (χ4v) is 2.18. The van der Waals surface area contributed by atoms with E-state index in [4.69, 9.17) is 5.11 Å². The number of urea groups is 1. The maximum atomic E-state index is 11.7. The number of imide groups is 1. The maximum Gasteiger partial charge on any atom is 0.323 e. The molecule has 0 fully saturated rings. The largest absolute Gasteiger partial charge is 0.481 e. The topological polar surface area (TPSA) is 121 Å². The number of rotatable bonds is 7. The fraction of sp³-hybridized carbons (Fsp3) is 0.750. The molecule has 0 unspecified atom stereocenters. The zero-order valence-corrected chi connectivity index (χ0v) is 13.5. The monoisotopic (exact) mass is 322 g/mol. The molecule has 3 amide bonds. The van der Waals surface area contributed by atoms with E-state index in [0.717, 1.165) is 11.2 Å². The molecule has 0 aromatic carbocycles. The van der Waals surface area contributed by atoms with Crippen molar-refractivity contribution in [3.05, 3.63) is 0 Å². The van der Waals surface area contributed by atoms with Crippen LogP contribution in [0, 0.1) is 5.41 Å². The van der Waals surface area contributed by atoms with Crippen LogP contribution in [-0.4, -0.2) is 61.9 Å². The lowest BCUT2D eigenvalue weighted by atomic mass is 9.85. The number of nitrogens with zero attached hydrogens (tertiary/aromatic N) is 1. The molecule has 0 saturated carbocycles. The molecule has 0 bridgehead atoms. The van der Waals surface area contributed by atoms with E-state index in [1.807, 2.05) is 0 Å². The SMILES string of the molecule is CN(CCS(C)(=O)=O)C(=O)NC(=O)CC(C)(C)CC(=O)O. The van der Waals surface area contributed by atoms with Gasteiger partial charge in [0.15, 0.2) is 0 Å². The molecule has 0 rings (SSSR count). The van der Waals surface area contributed by atoms with Gasteiger partial charge in [-0.3, -0.25) is 14.9 Å². The average molecular weight is 322 g/mol. The van der Waals surface area contributed by atoms with E-state index in [9.17, 15) is 22.8 Å². The molecule has 0 aliphatic heterocycles. The molecule has 0 atom stereocenters. The standard InChI is InChI=1S/C12H22N2O6S/c1-12(2,8-10(16)17)7-9(15)13-11(18)14(3)5-6-21(4,19)20/h5-8H2,1-4H3,(H,16,17)(H,13,15,18). The van der Waals surface area contributed by atoms with Gasteiger partial charge in [-0.25, -0.2) is 13.2 Å². The van der Waals surface area contributed by atoms with Crippen molar-refractivity contribution in [3.8, 4) is 0 Å². The molecule has 0 heterocycles. The van der Waals surface area contributed by atoms with Crippen molar-refractivity contribution >= 4 is 27.7 Å². The smallest absolute Gasteiger partial charge is 0.323 e. The van der Waals surface area contributed by atoms with Gasteiger partial charge in [0.05, 0.1) is 12.2 Å². The van der Waals surface area contributed by atoms with Gasteiger partial charge >= 0.3 is 12.0 Å². The van der Waals surface area contributed by atoms with Gasteiger partial charge in [0.25, 0.3) is 0 Å². The molecule has 8 nitrogen and oxygen atoms in total. The van der Waals surface area contributed by atoms with Gasteiger partial charge in [0, 0.05) is 26.3 Å². The molecule has 122 valence electrons. The summed E-state index contributed by atoms with van der Waals surface area (Å²) in [6, 6.07) is -0.713. The number of amides is 3. The number of hydrogen-bond donors (Lipinski definition) is 2. The lowest BCUT2D eigenvalue weighted by Gasteiger charge is -2.22. The first-order chi connectivity index (χ1) is 9.32. The van der Waals surface area contributed by atoms with Crippen LogP contribution in [0.15, 0.2) is 0 Å². The number of sulfone groups is 1. The van der Waals surface area contributed by atoms with E-state index in [-0.39, 0.29) is 25.1 Å². The summed E-state index contributed by atoms with van der Waals surface area (Å²) in [4.78, 5) is 35.1. The first-order valence-corrected chi connectivity index (χ1v) is 8.33. The van der Waals surface area contributed by atoms with Gasteiger partial charge in [-0.15, -0.1) is 0 Å². The Morgan fingerprint density at radius 2 is 1.71 bits per heavy atom. The van der Waals surface area contributed by atoms with Gasteiger partial charge in [0.1, 0.15) is 9.84 Å². The molecule has 0 aliphatic rings. The molecular formula is C12H22N2O6S. The number of carbonyl (C=O) groups excluding carboxylic acids is 2. The molecule has 9 heteroatoms. The Morgan fingerprint density at radius 3 is 2.14 bits per heavy atom. The highest BCUT2D eigenvalue weighted by Crippen LogP contribution is 2.24. The van der Waals surface area contributed by atoms with E-state index in [2.05, 4.69) is 5.32 Å². The highest BCUT2D eigenvalue weighted by molar-refractivity contribution is 7.90. The molecule has 0 aromatic heterocycles. The second-order valence-corrected chi connectivity index (χ2v) is 8.08. The van der Waals surface area contributed by atoms with Crippen LogP contribution in [0.4, 0.5) is 4.79 Å². The number of carboxylic acids is 1. The van der Waals surface area contributed by atoms with Crippen LogP contribution in [0.25, 0.3) is 0 Å². The summed E-state index contributed by atoms with van der Waals surface area (Å²) >= 11 is 0. The normalized spacial score (nSPS) is 11.8. The molecular weight excluding hydrogens is 300 g/mol.